The summed E-state index contributed by atoms with van der Waals surface area (Å²) in [5, 5.41) is 8.21. The largest absolute Gasteiger partial charge is 0.399 e. The summed E-state index contributed by atoms with van der Waals surface area (Å²) in [5.74, 6) is 0. The van der Waals surface area contributed by atoms with Crippen LogP contribution in [0.4, 0.5) is 17.1 Å². The van der Waals surface area contributed by atoms with Crippen LogP contribution in [0.5, 0.6) is 0 Å². The zero-order chi connectivity index (χ0) is 14.8. The Morgan fingerprint density at radius 2 is 1.65 bits per heavy atom. The van der Waals surface area contributed by atoms with Gasteiger partial charge in [0.2, 0.25) is 0 Å². The van der Waals surface area contributed by atoms with Crippen molar-refractivity contribution in [3.05, 3.63) is 48.0 Å². The Labute approximate surface area is 118 Å². The molecule has 0 bridgehead atoms. The molecular weight excluding hydrogens is 274 g/mol. The van der Waals surface area contributed by atoms with Crippen LogP contribution >= 0.6 is 0 Å². The molecule has 2 aromatic carbocycles. The molecule has 0 saturated heterocycles. The molecule has 0 aliphatic carbocycles. The number of nitrogens with two attached hydrogens (primary N) is 1. The second-order valence-electron chi connectivity index (χ2n) is 4.51. The summed E-state index contributed by atoms with van der Waals surface area (Å²) in [5.41, 5.74) is 8.59. The minimum Gasteiger partial charge on any atom is -0.399 e. The first-order valence-corrected chi connectivity index (χ1v) is 7.83. The summed E-state index contributed by atoms with van der Waals surface area (Å²) in [7, 11) is -3.18. The van der Waals surface area contributed by atoms with E-state index in [9.17, 15) is 8.42 Å². The molecule has 0 heterocycles. The van der Waals surface area contributed by atoms with E-state index in [0.717, 1.165) is 11.3 Å². The van der Waals surface area contributed by atoms with E-state index >= 15 is 0 Å². The summed E-state index contributed by atoms with van der Waals surface area (Å²) in [6, 6.07) is 11.6. The number of nitrogens with zero attached hydrogens (tertiary/aromatic N) is 2. The van der Waals surface area contributed by atoms with Gasteiger partial charge in [-0.15, -0.1) is 0 Å². The third-order valence-electron chi connectivity index (χ3n) is 2.76. The maximum Gasteiger partial charge on any atom is 0.175 e. The third kappa shape index (κ3) is 3.42. The fourth-order valence-corrected chi connectivity index (χ4v) is 2.29. The Balaban J connectivity index is 2.24. The number of rotatable bonds is 3. The van der Waals surface area contributed by atoms with Crippen molar-refractivity contribution >= 4 is 26.9 Å². The topological polar surface area (TPSA) is 84.9 Å². The highest BCUT2D eigenvalue weighted by molar-refractivity contribution is 7.90. The molecular formula is C14H15N3O2S. The van der Waals surface area contributed by atoms with Crippen molar-refractivity contribution in [1.82, 2.24) is 0 Å². The standard InChI is InChI=1S/C14H15N3O2S/c1-10-9-11(15)3-8-14(10)17-16-12-4-6-13(7-5-12)20(2,18)19/h3-9H,15H2,1-2H3/b17-16+. The summed E-state index contributed by atoms with van der Waals surface area (Å²) in [6.07, 6.45) is 1.17. The SMILES string of the molecule is Cc1cc(N)ccc1/N=N/c1ccc(S(C)(=O)=O)cc1. The molecule has 0 amide bonds. The Kier molecular flexibility index (Phi) is 3.85. The van der Waals surface area contributed by atoms with Gasteiger partial charge in [-0.05, 0) is 55.0 Å². The average molecular weight is 289 g/mol. The van der Waals surface area contributed by atoms with E-state index in [0.29, 0.717) is 11.4 Å². The zero-order valence-electron chi connectivity index (χ0n) is 11.2. The van der Waals surface area contributed by atoms with E-state index in [2.05, 4.69) is 10.2 Å². The Morgan fingerprint density at radius 3 is 2.20 bits per heavy atom. The lowest BCUT2D eigenvalue weighted by Crippen LogP contribution is -1.95. The molecule has 0 saturated carbocycles. The zero-order valence-corrected chi connectivity index (χ0v) is 12.1. The molecule has 20 heavy (non-hydrogen) atoms. The first kappa shape index (κ1) is 14.2. The molecule has 0 atom stereocenters. The smallest absolute Gasteiger partial charge is 0.175 e. The van der Waals surface area contributed by atoms with Crippen molar-refractivity contribution in [2.24, 2.45) is 10.2 Å². The van der Waals surface area contributed by atoms with Crippen LogP contribution in [0, 0.1) is 6.92 Å². The van der Waals surface area contributed by atoms with Crippen LogP contribution in [0.2, 0.25) is 0 Å². The normalized spacial score (nSPS) is 11.9. The van der Waals surface area contributed by atoms with E-state index in [-0.39, 0.29) is 4.90 Å². The molecule has 2 N–H and O–H groups in total. The molecule has 104 valence electrons. The molecule has 2 aromatic rings. The van der Waals surface area contributed by atoms with Gasteiger partial charge in [0.1, 0.15) is 0 Å². The van der Waals surface area contributed by atoms with E-state index in [4.69, 9.17) is 5.73 Å². The van der Waals surface area contributed by atoms with Crippen molar-refractivity contribution in [1.29, 1.82) is 0 Å². The van der Waals surface area contributed by atoms with Crippen LogP contribution < -0.4 is 5.73 Å². The number of hydrogen-bond donors (Lipinski definition) is 1. The van der Waals surface area contributed by atoms with Crippen LogP contribution in [-0.4, -0.2) is 14.7 Å². The van der Waals surface area contributed by atoms with Gasteiger partial charge in [-0.1, -0.05) is 0 Å². The monoisotopic (exact) mass is 289 g/mol. The second-order valence-corrected chi connectivity index (χ2v) is 6.53. The number of aryl methyl sites for hydroxylation is 1. The Morgan fingerprint density at radius 1 is 1.00 bits per heavy atom. The molecule has 0 unspecified atom stereocenters. The minimum atomic E-state index is -3.18. The van der Waals surface area contributed by atoms with Gasteiger partial charge in [-0.2, -0.15) is 10.2 Å². The second kappa shape index (κ2) is 5.42. The van der Waals surface area contributed by atoms with Crippen molar-refractivity contribution in [2.75, 3.05) is 12.0 Å². The van der Waals surface area contributed by atoms with Gasteiger partial charge < -0.3 is 5.73 Å². The van der Waals surface area contributed by atoms with Crippen LogP contribution in [0.15, 0.2) is 57.6 Å². The molecule has 0 radical (unpaired) electrons. The molecule has 0 aliphatic rings. The molecule has 2 rings (SSSR count). The molecule has 0 fully saturated rings. The highest BCUT2D eigenvalue weighted by Gasteiger charge is 2.05. The van der Waals surface area contributed by atoms with Crippen LogP contribution in [0.3, 0.4) is 0 Å². The predicted molar refractivity (Wildman–Crippen MR) is 79.3 cm³/mol. The van der Waals surface area contributed by atoms with Crippen molar-refractivity contribution < 1.29 is 8.42 Å². The van der Waals surface area contributed by atoms with Crippen molar-refractivity contribution in [2.45, 2.75) is 11.8 Å². The van der Waals surface area contributed by atoms with Crippen LogP contribution in [-0.2, 0) is 9.84 Å². The summed E-state index contributed by atoms with van der Waals surface area (Å²) in [6.45, 7) is 1.90. The highest BCUT2D eigenvalue weighted by Crippen LogP contribution is 2.24. The number of sulfone groups is 1. The van der Waals surface area contributed by atoms with Crippen LogP contribution in [0.1, 0.15) is 5.56 Å². The first-order chi connectivity index (χ1) is 9.36. The lowest BCUT2D eigenvalue weighted by Gasteiger charge is -2.00. The van der Waals surface area contributed by atoms with Gasteiger partial charge in [0.15, 0.2) is 9.84 Å². The number of benzene rings is 2. The average Bonchev–Trinajstić information content (AvgIpc) is 2.37. The number of azo groups is 1. The van der Waals surface area contributed by atoms with Crippen LogP contribution in [0.25, 0.3) is 0 Å². The maximum atomic E-state index is 11.3. The summed E-state index contributed by atoms with van der Waals surface area (Å²) in [4.78, 5) is 0.264. The fourth-order valence-electron chi connectivity index (χ4n) is 1.66. The lowest BCUT2D eigenvalue weighted by molar-refractivity contribution is 0.602. The Bertz CT molecular complexity index is 750. The lowest BCUT2D eigenvalue weighted by atomic mass is 10.2. The van der Waals surface area contributed by atoms with E-state index in [1.54, 1.807) is 24.3 Å². The molecule has 0 aliphatic heterocycles. The molecule has 6 heteroatoms. The van der Waals surface area contributed by atoms with E-state index in [1.165, 1.54) is 18.4 Å². The quantitative estimate of drug-likeness (QED) is 0.694. The van der Waals surface area contributed by atoms with Gasteiger partial charge in [0, 0.05) is 11.9 Å². The molecule has 5 nitrogen and oxygen atoms in total. The van der Waals surface area contributed by atoms with Gasteiger partial charge >= 0.3 is 0 Å². The molecule has 0 spiro atoms. The predicted octanol–water partition coefficient (Wildman–Crippen LogP) is 3.40. The van der Waals surface area contributed by atoms with Gasteiger partial charge in [-0.3, -0.25) is 0 Å². The Hall–Kier alpha value is -2.21. The van der Waals surface area contributed by atoms with Crippen molar-refractivity contribution in [3.63, 3.8) is 0 Å². The van der Waals surface area contributed by atoms with E-state index < -0.39 is 9.84 Å². The van der Waals surface area contributed by atoms with Crippen molar-refractivity contribution in [3.8, 4) is 0 Å². The van der Waals surface area contributed by atoms with Gasteiger partial charge in [0.05, 0.1) is 16.3 Å². The number of nitrogen functional groups attached to an aromatic ring is 1. The molecule has 0 aromatic heterocycles. The first-order valence-electron chi connectivity index (χ1n) is 5.94. The maximum absolute atomic E-state index is 11.3. The highest BCUT2D eigenvalue weighted by atomic mass is 32.2. The number of hydrogen-bond acceptors (Lipinski definition) is 5. The number of anilines is 1. The van der Waals surface area contributed by atoms with E-state index in [1.807, 2.05) is 13.0 Å². The fraction of sp³-hybridized carbons (Fsp3) is 0.143. The third-order valence-corrected chi connectivity index (χ3v) is 3.89. The van der Waals surface area contributed by atoms with Gasteiger partial charge in [0.25, 0.3) is 0 Å². The van der Waals surface area contributed by atoms with Gasteiger partial charge in [-0.25, -0.2) is 8.42 Å². The summed E-state index contributed by atoms with van der Waals surface area (Å²) < 4.78 is 22.7. The minimum absolute atomic E-state index is 0.264. The summed E-state index contributed by atoms with van der Waals surface area (Å²) >= 11 is 0.